The Morgan fingerprint density at radius 3 is 1.67 bits per heavy atom. The summed E-state index contributed by atoms with van der Waals surface area (Å²) in [5, 5.41) is 0.772. The highest BCUT2D eigenvalue weighted by Crippen LogP contribution is 2.65. The summed E-state index contributed by atoms with van der Waals surface area (Å²) in [5.74, 6) is 3.38. The van der Waals surface area contributed by atoms with E-state index in [-0.39, 0.29) is 17.1 Å². The van der Waals surface area contributed by atoms with Crippen molar-refractivity contribution < 1.29 is 9.22 Å². The normalized spacial score (nSPS) is 35.1. The van der Waals surface area contributed by atoms with Crippen LogP contribution in [0.15, 0.2) is 30.3 Å². The molecule has 1 aromatic carbocycles. The fourth-order valence-electron chi connectivity index (χ4n) is 10.2. The van der Waals surface area contributed by atoms with Crippen molar-refractivity contribution in [2.75, 3.05) is 0 Å². The van der Waals surface area contributed by atoms with E-state index in [4.69, 9.17) is 4.43 Å². The molecule has 1 aromatic rings. The van der Waals surface area contributed by atoms with Gasteiger partial charge in [0.1, 0.15) is 12.5 Å². The third-order valence-electron chi connectivity index (χ3n) is 10.6. The van der Waals surface area contributed by atoms with Gasteiger partial charge in [-0.15, -0.1) is 0 Å². The van der Waals surface area contributed by atoms with E-state index in [1.165, 1.54) is 44.1 Å². The molecule has 0 amide bonds. The van der Waals surface area contributed by atoms with Crippen molar-refractivity contribution in [3.8, 4) is 0 Å². The summed E-state index contributed by atoms with van der Waals surface area (Å²) in [6.07, 6.45) is 9.53. The smallest absolute Gasteiger partial charge is 0.183 e. The molecule has 200 valence electrons. The molecule has 4 bridgehead atoms. The van der Waals surface area contributed by atoms with Crippen LogP contribution < -0.4 is 0 Å². The number of carbonyl (C=O) groups excluding carboxylic acids is 1. The molecular formula is C30H52O2Si4. The van der Waals surface area contributed by atoms with Crippen molar-refractivity contribution in [3.63, 3.8) is 0 Å². The second-order valence-corrected chi connectivity index (χ2v) is 47.7. The molecule has 0 heterocycles. The molecule has 0 N–H and O–H groups in total. The van der Waals surface area contributed by atoms with E-state index in [1.54, 1.807) is 0 Å². The molecule has 6 rings (SSSR count). The second kappa shape index (κ2) is 8.87. The summed E-state index contributed by atoms with van der Waals surface area (Å²) in [5.41, 5.74) is 1.95. The molecule has 0 saturated heterocycles. The monoisotopic (exact) mass is 556 g/mol. The molecule has 0 aliphatic heterocycles. The summed E-state index contributed by atoms with van der Waals surface area (Å²) in [6.45, 7) is 22.8. The molecule has 36 heavy (non-hydrogen) atoms. The number of rotatable bonds is 9. The van der Waals surface area contributed by atoms with Crippen LogP contribution in [0, 0.1) is 29.1 Å². The van der Waals surface area contributed by atoms with Crippen LogP contribution >= 0.6 is 0 Å². The Kier molecular flexibility index (Phi) is 6.72. The third kappa shape index (κ3) is 4.48. The van der Waals surface area contributed by atoms with Crippen LogP contribution in [0.5, 0.6) is 0 Å². The molecule has 0 spiro atoms. The Hall–Kier alpha value is -0.282. The van der Waals surface area contributed by atoms with Gasteiger partial charge in [0.15, 0.2) is 8.32 Å². The van der Waals surface area contributed by atoms with E-state index in [0.717, 1.165) is 29.6 Å². The van der Waals surface area contributed by atoms with E-state index in [1.807, 2.05) is 0 Å². The van der Waals surface area contributed by atoms with Crippen molar-refractivity contribution in [3.05, 3.63) is 35.9 Å². The van der Waals surface area contributed by atoms with Gasteiger partial charge in [-0.05, 0) is 99.2 Å². The lowest BCUT2D eigenvalue weighted by atomic mass is 9.50. The minimum atomic E-state index is -2.45. The first kappa shape index (κ1) is 27.3. The summed E-state index contributed by atoms with van der Waals surface area (Å²) in [7, 11) is -8.02. The standard InChI is InChI=1S/C30H52O2Si4/c1-33(2,3)32-29(30-19-22-15-23(20-30)17-24(16-22)21-30)36(34(4,5)6,35(7,8)9)28(31)27-18-26(27)25-13-11-10-12-14-25/h10-14,22-24,26-27,29H,15-21H2,1-9H3/t22?,23?,24?,26-,27+,29?,30?/m0/s1. The van der Waals surface area contributed by atoms with Gasteiger partial charge in [-0.3, -0.25) is 0 Å². The van der Waals surface area contributed by atoms with Gasteiger partial charge in [-0.2, -0.15) is 0 Å². The quantitative estimate of drug-likeness (QED) is 0.287. The van der Waals surface area contributed by atoms with Gasteiger partial charge in [-0.25, -0.2) is 0 Å². The van der Waals surface area contributed by atoms with E-state index in [9.17, 15) is 0 Å². The van der Waals surface area contributed by atoms with Crippen LogP contribution in [0.25, 0.3) is 0 Å². The highest BCUT2D eigenvalue weighted by Gasteiger charge is 2.73. The minimum Gasteiger partial charge on any atom is -0.417 e. The fraction of sp³-hybridized carbons (Fsp3) is 0.767. The molecule has 5 saturated carbocycles. The Morgan fingerprint density at radius 2 is 1.25 bits per heavy atom. The molecule has 5 aliphatic rings. The largest absolute Gasteiger partial charge is 0.417 e. The second-order valence-electron chi connectivity index (χ2n) is 16.4. The van der Waals surface area contributed by atoms with Crippen LogP contribution in [0.2, 0.25) is 58.9 Å². The van der Waals surface area contributed by atoms with Crippen LogP contribution in [-0.4, -0.2) is 41.7 Å². The van der Waals surface area contributed by atoms with Crippen molar-refractivity contribution in [2.24, 2.45) is 29.1 Å². The number of benzene rings is 1. The van der Waals surface area contributed by atoms with Gasteiger partial charge >= 0.3 is 0 Å². The Morgan fingerprint density at radius 1 is 0.778 bits per heavy atom. The lowest BCUT2D eigenvalue weighted by Crippen LogP contribution is -2.86. The number of hydrogen-bond donors (Lipinski definition) is 0. The zero-order valence-corrected chi connectivity index (χ0v) is 28.6. The number of hydrogen-bond acceptors (Lipinski definition) is 2. The fourth-order valence-corrected chi connectivity index (χ4v) is 60.8. The maximum absolute atomic E-state index is 15.4. The molecule has 5 fully saturated rings. The maximum atomic E-state index is 15.4. The molecule has 0 radical (unpaired) electrons. The summed E-state index contributed by atoms with van der Waals surface area (Å²) < 4.78 is 7.63. The van der Waals surface area contributed by atoms with E-state index >= 15 is 4.79 Å². The first-order chi connectivity index (χ1) is 16.6. The lowest BCUT2D eigenvalue weighted by molar-refractivity contribution is -0.116. The van der Waals surface area contributed by atoms with Gasteiger partial charge in [-0.1, -0.05) is 69.6 Å². The van der Waals surface area contributed by atoms with Gasteiger partial charge < -0.3 is 9.22 Å². The highest BCUT2D eigenvalue weighted by molar-refractivity contribution is 7.78. The topological polar surface area (TPSA) is 26.3 Å². The zero-order chi connectivity index (χ0) is 26.3. The van der Waals surface area contributed by atoms with E-state index < -0.39 is 30.6 Å². The lowest BCUT2D eigenvalue weighted by Gasteiger charge is -2.66. The van der Waals surface area contributed by atoms with Gasteiger partial charge in [0.2, 0.25) is 0 Å². The number of carbonyl (C=O) groups is 1. The molecule has 2 nitrogen and oxygen atoms in total. The van der Waals surface area contributed by atoms with Gasteiger partial charge in [0.25, 0.3) is 0 Å². The molecule has 1 unspecified atom stereocenters. The SMILES string of the molecule is C[Si](C)(C)OC(C12CC3CC(CC(C3)C1)C2)[Si](C(=O)[C@@H]1C[C@H]1c1ccccc1)([Si](C)(C)C)[Si](C)(C)C. The summed E-state index contributed by atoms with van der Waals surface area (Å²) in [4.78, 5) is 15.4. The first-order valence-electron chi connectivity index (χ1n) is 14.8. The van der Waals surface area contributed by atoms with Crippen molar-refractivity contribution in [2.45, 2.75) is 116 Å². The molecular weight excluding hydrogens is 505 g/mol. The van der Waals surface area contributed by atoms with Crippen molar-refractivity contribution >= 4 is 36.0 Å². The summed E-state index contributed by atoms with van der Waals surface area (Å²) in [6, 6.07) is 10.9. The van der Waals surface area contributed by atoms with Crippen LogP contribution in [-0.2, 0) is 9.22 Å². The molecule has 6 heteroatoms. The van der Waals surface area contributed by atoms with Gasteiger partial charge in [0, 0.05) is 26.8 Å². The summed E-state index contributed by atoms with van der Waals surface area (Å²) >= 11 is 0. The van der Waals surface area contributed by atoms with Crippen molar-refractivity contribution in [1.29, 1.82) is 0 Å². The van der Waals surface area contributed by atoms with E-state index in [2.05, 4.69) is 89.3 Å². The third-order valence-corrected chi connectivity index (χ3v) is 49.9. The predicted molar refractivity (Wildman–Crippen MR) is 164 cm³/mol. The zero-order valence-electron chi connectivity index (χ0n) is 24.6. The Balaban J connectivity index is 1.65. The first-order valence-corrected chi connectivity index (χ1v) is 29.3. The average molecular weight is 557 g/mol. The van der Waals surface area contributed by atoms with Crippen LogP contribution in [0.1, 0.15) is 56.4 Å². The van der Waals surface area contributed by atoms with Crippen molar-refractivity contribution in [1.82, 2.24) is 0 Å². The Labute approximate surface area is 225 Å². The molecule has 0 aromatic heterocycles. The van der Waals surface area contributed by atoms with Crippen LogP contribution in [0.4, 0.5) is 0 Å². The highest BCUT2D eigenvalue weighted by atomic mass is 29.6. The predicted octanol–water partition coefficient (Wildman–Crippen LogP) is 8.16. The van der Waals surface area contributed by atoms with Crippen LogP contribution in [0.3, 0.4) is 0 Å². The van der Waals surface area contributed by atoms with Gasteiger partial charge in [0.05, 0.1) is 0 Å². The molecule has 3 atom stereocenters. The Bertz CT molecular complexity index is 936. The maximum Gasteiger partial charge on any atom is 0.183 e. The van der Waals surface area contributed by atoms with E-state index in [0.29, 0.717) is 5.92 Å². The minimum absolute atomic E-state index is 0.249. The average Bonchev–Trinajstić information content (AvgIpc) is 3.51. The molecule has 5 aliphatic carbocycles.